The fraction of sp³-hybridized carbons (Fsp3) is 0.538. The van der Waals surface area contributed by atoms with Gasteiger partial charge in [0.05, 0.1) is 17.8 Å². The van der Waals surface area contributed by atoms with Crippen molar-refractivity contribution >= 4 is 17.3 Å². The molecule has 88 valence electrons. The minimum atomic E-state index is 0.546. The first-order valence-electron chi connectivity index (χ1n) is 5.81. The number of halogens is 1. The van der Waals surface area contributed by atoms with Gasteiger partial charge in [-0.2, -0.15) is 0 Å². The van der Waals surface area contributed by atoms with Crippen LogP contribution in [0.1, 0.15) is 26.2 Å². The van der Waals surface area contributed by atoms with Crippen LogP contribution in [0.2, 0.25) is 5.02 Å². The first-order valence-corrected chi connectivity index (χ1v) is 6.18. The second-order valence-electron chi connectivity index (χ2n) is 4.50. The number of hydrogen-bond acceptors (Lipinski definition) is 2. The highest BCUT2D eigenvalue weighted by atomic mass is 35.5. The summed E-state index contributed by atoms with van der Waals surface area (Å²) in [5, 5.41) is 4.29. The molecular weight excluding hydrogens is 222 g/mol. The molecule has 1 fully saturated rings. The summed E-state index contributed by atoms with van der Waals surface area (Å²) in [6.07, 6.45) is 3.84. The van der Waals surface area contributed by atoms with Gasteiger partial charge in [0.25, 0.3) is 0 Å². The second kappa shape index (κ2) is 4.96. The van der Waals surface area contributed by atoms with E-state index < -0.39 is 0 Å². The highest BCUT2D eigenvalue weighted by Crippen LogP contribution is 2.32. The highest BCUT2D eigenvalue weighted by Gasteiger charge is 2.23. The van der Waals surface area contributed by atoms with E-state index in [1.807, 2.05) is 18.2 Å². The molecule has 0 heterocycles. The van der Waals surface area contributed by atoms with Crippen LogP contribution in [-0.2, 0) is 0 Å². The summed E-state index contributed by atoms with van der Waals surface area (Å²) >= 11 is 6.16. The average molecular weight is 240 g/mol. The molecule has 1 N–H and O–H groups in total. The molecule has 2 unspecified atom stereocenters. The third-order valence-electron chi connectivity index (χ3n) is 3.38. The molecule has 1 aromatic carbocycles. The molecule has 1 aliphatic rings. The first kappa shape index (κ1) is 11.6. The Bertz CT molecular complexity index is 367. The maximum atomic E-state index is 6.16. The molecule has 1 aromatic rings. The summed E-state index contributed by atoms with van der Waals surface area (Å²) in [5.41, 5.74) is 0.986. The Hall–Kier alpha value is -0.890. The zero-order valence-electron chi connectivity index (χ0n) is 9.79. The van der Waals surface area contributed by atoms with Crippen LogP contribution >= 0.6 is 11.6 Å². The van der Waals surface area contributed by atoms with E-state index >= 15 is 0 Å². The molecule has 1 aliphatic carbocycles. The van der Waals surface area contributed by atoms with Crippen LogP contribution in [-0.4, -0.2) is 13.2 Å². The lowest BCUT2D eigenvalue weighted by molar-refractivity contribution is 0.415. The zero-order valence-corrected chi connectivity index (χ0v) is 10.6. The molecule has 0 aliphatic heterocycles. The van der Waals surface area contributed by atoms with Crippen molar-refractivity contribution in [3.05, 3.63) is 23.2 Å². The number of benzene rings is 1. The summed E-state index contributed by atoms with van der Waals surface area (Å²) in [5.74, 6) is 1.57. The van der Waals surface area contributed by atoms with E-state index in [1.54, 1.807) is 7.11 Å². The third kappa shape index (κ3) is 2.43. The number of rotatable bonds is 3. The van der Waals surface area contributed by atoms with Gasteiger partial charge in [0.1, 0.15) is 5.75 Å². The quantitative estimate of drug-likeness (QED) is 0.863. The Balaban J connectivity index is 2.13. The summed E-state index contributed by atoms with van der Waals surface area (Å²) < 4.78 is 5.20. The summed E-state index contributed by atoms with van der Waals surface area (Å²) in [6, 6.07) is 6.27. The van der Waals surface area contributed by atoms with E-state index in [-0.39, 0.29) is 0 Å². The van der Waals surface area contributed by atoms with Crippen molar-refractivity contribution in [2.24, 2.45) is 5.92 Å². The van der Waals surface area contributed by atoms with E-state index in [4.69, 9.17) is 16.3 Å². The third-order valence-corrected chi connectivity index (χ3v) is 3.71. The number of methoxy groups -OCH3 is 1. The van der Waals surface area contributed by atoms with Gasteiger partial charge in [0.15, 0.2) is 0 Å². The van der Waals surface area contributed by atoms with Crippen molar-refractivity contribution in [2.75, 3.05) is 12.4 Å². The van der Waals surface area contributed by atoms with Crippen LogP contribution in [0.4, 0.5) is 5.69 Å². The number of ether oxygens (including phenoxy) is 1. The fourth-order valence-electron chi connectivity index (χ4n) is 2.30. The molecule has 0 saturated heterocycles. The maximum absolute atomic E-state index is 6.16. The lowest BCUT2D eigenvalue weighted by Crippen LogP contribution is -2.21. The van der Waals surface area contributed by atoms with E-state index in [1.165, 1.54) is 19.3 Å². The van der Waals surface area contributed by atoms with Crippen molar-refractivity contribution < 1.29 is 4.74 Å². The van der Waals surface area contributed by atoms with E-state index in [0.717, 1.165) is 22.4 Å². The highest BCUT2D eigenvalue weighted by molar-refractivity contribution is 6.33. The average Bonchev–Trinajstić information content (AvgIpc) is 2.68. The Kier molecular flexibility index (Phi) is 3.59. The van der Waals surface area contributed by atoms with Crippen molar-refractivity contribution in [1.82, 2.24) is 0 Å². The predicted octanol–water partition coefficient (Wildman–Crippen LogP) is 3.95. The maximum Gasteiger partial charge on any atom is 0.121 e. The number of hydrogen-bond donors (Lipinski definition) is 1. The summed E-state index contributed by atoms with van der Waals surface area (Å²) in [7, 11) is 1.67. The van der Waals surface area contributed by atoms with Crippen LogP contribution in [0, 0.1) is 5.92 Å². The predicted molar refractivity (Wildman–Crippen MR) is 68.4 cm³/mol. The van der Waals surface area contributed by atoms with E-state index in [9.17, 15) is 0 Å². The molecule has 0 bridgehead atoms. The van der Waals surface area contributed by atoms with E-state index in [0.29, 0.717) is 6.04 Å². The monoisotopic (exact) mass is 239 g/mol. The van der Waals surface area contributed by atoms with Gasteiger partial charge in [0.2, 0.25) is 0 Å². The first-order chi connectivity index (χ1) is 7.70. The van der Waals surface area contributed by atoms with Gasteiger partial charge >= 0.3 is 0 Å². The normalized spacial score (nSPS) is 24.4. The van der Waals surface area contributed by atoms with Crippen molar-refractivity contribution in [1.29, 1.82) is 0 Å². The van der Waals surface area contributed by atoms with Gasteiger partial charge in [-0.3, -0.25) is 0 Å². The van der Waals surface area contributed by atoms with Crippen molar-refractivity contribution in [3.63, 3.8) is 0 Å². The second-order valence-corrected chi connectivity index (χ2v) is 4.91. The minimum absolute atomic E-state index is 0.546. The Labute approximate surface area is 102 Å². The lowest BCUT2D eigenvalue weighted by atomic mass is 10.1. The lowest BCUT2D eigenvalue weighted by Gasteiger charge is -2.20. The Morgan fingerprint density at radius 3 is 2.81 bits per heavy atom. The summed E-state index contributed by atoms with van der Waals surface area (Å²) in [6.45, 7) is 2.29. The van der Waals surface area contributed by atoms with Crippen LogP contribution in [0.5, 0.6) is 5.75 Å². The Morgan fingerprint density at radius 2 is 2.19 bits per heavy atom. The van der Waals surface area contributed by atoms with Crippen LogP contribution in [0.3, 0.4) is 0 Å². The Morgan fingerprint density at radius 1 is 1.38 bits per heavy atom. The number of nitrogens with one attached hydrogen (secondary N) is 1. The molecule has 0 spiro atoms. The van der Waals surface area contributed by atoms with Gasteiger partial charge in [-0.15, -0.1) is 0 Å². The van der Waals surface area contributed by atoms with E-state index in [2.05, 4.69) is 12.2 Å². The SMILES string of the molecule is COc1ccc(Cl)c(NC2CCCC2C)c1. The largest absolute Gasteiger partial charge is 0.497 e. The molecule has 2 rings (SSSR count). The molecule has 0 radical (unpaired) electrons. The molecule has 16 heavy (non-hydrogen) atoms. The van der Waals surface area contributed by atoms with Crippen molar-refractivity contribution in [2.45, 2.75) is 32.2 Å². The topological polar surface area (TPSA) is 21.3 Å². The fourth-order valence-corrected chi connectivity index (χ4v) is 2.47. The molecular formula is C13H18ClNO. The van der Waals surface area contributed by atoms with Crippen LogP contribution < -0.4 is 10.1 Å². The number of anilines is 1. The molecule has 0 aromatic heterocycles. The molecule has 2 nitrogen and oxygen atoms in total. The molecule has 2 atom stereocenters. The van der Waals surface area contributed by atoms with Crippen LogP contribution in [0.15, 0.2) is 18.2 Å². The molecule has 1 saturated carbocycles. The van der Waals surface area contributed by atoms with Gasteiger partial charge in [0, 0.05) is 12.1 Å². The molecule has 3 heteroatoms. The van der Waals surface area contributed by atoms with Gasteiger partial charge in [-0.25, -0.2) is 0 Å². The van der Waals surface area contributed by atoms with Crippen LogP contribution in [0.25, 0.3) is 0 Å². The van der Waals surface area contributed by atoms with Gasteiger partial charge in [-0.1, -0.05) is 24.9 Å². The molecule has 0 amide bonds. The van der Waals surface area contributed by atoms with Crippen molar-refractivity contribution in [3.8, 4) is 5.75 Å². The van der Waals surface area contributed by atoms with Gasteiger partial charge in [-0.05, 0) is 30.9 Å². The minimum Gasteiger partial charge on any atom is -0.497 e. The summed E-state index contributed by atoms with van der Waals surface area (Å²) in [4.78, 5) is 0. The standard InChI is InChI=1S/C13H18ClNO/c1-9-4-3-5-12(9)15-13-8-10(16-2)6-7-11(13)14/h6-9,12,15H,3-5H2,1-2H3. The smallest absolute Gasteiger partial charge is 0.121 e. The zero-order chi connectivity index (χ0) is 11.5. The van der Waals surface area contributed by atoms with Gasteiger partial charge < -0.3 is 10.1 Å².